The molecule has 0 N–H and O–H groups in total. The second-order valence-corrected chi connectivity index (χ2v) is 5.71. The lowest BCUT2D eigenvalue weighted by Gasteiger charge is -1.85. The van der Waals surface area contributed by atoms with Gasteiger partial charge in [0.25, 0.3) is 0 Å². The molecular weight excluding hydrogens is 216 g/mol. The Hall–Kier alpha value is 1.31. The zero-order valence-electron chi connectivity index (χ0n) is 2.74. The van der Waals surface area contributed by atoms with E-state index in [1.807, 2.05) is 6.26 Å². The van der Waals surface area contributed by atoms with Crippen molar-refractivity contribution in [3.8, 4) is 0 Å². The van der Waals surface area contributed by atoms with Crippen molar-refractivity contribution in [3.05, 3.63) is 0 Å². The molecule has 5 heavy (non-hydrogen) atoms. The molecule has 0 aliphatic carbocycles. The molecule has 0 unspecified atom stereocenters. The first-order chi connectivity index (χ1) is 2.27. The lowest BCUT2D eigenvalue weighted by atomic mass is 11.9. The first-order valence-corrected chi connectivity index (χ1v) is 4.20. The first-order valence-electron chi connectivity index (χ1n) is 1.08. The highest BCUT2D eigenvalue weighted by Gasteiger charge is 1.85. The molecule has 3 heteroatoms. The minimum Gasteiger partial charge on any atom is -0.139 e. The molecule has 0 rings (SSSR count). The van der Waals surface area contributed by atoms with Crippen LogP contribution >= 0.6 is 43.6 Å². The van der Waals surface area contributed by atoms with Crippen molar-refractivity contribution in [2.24, 2.45) is 0 Å². The van der Waals surface area contributed by atoms with Gasteiger partial charge in [-0.05, 0) is 6.26 Å². The van der Waals surface area contributed by atoms with Gasteiger partial charge in [0.05, 0.1) is 0 Å². The summed E-state index contributed by atoms with van der Waals surface area (Å²) in [7, 11) is 0. The summed E-state index contributed by atoms with van der Waals surface area (Å²) in [6.45, 7) is 0. The summed E-state index contributed by atoms with van der Waals surface area (Å²) in [6, 6.07) is 0. The molecule has 0 saturated heterocycles. The smallest absolute Gasteiger partial charge is 0.114 e. The summed E-state index contributed by atoms with van der Waals surface area (Å²) in [5.41, 5.74) is 0. The van der Waals surface area contributed by atoms with Gasteiger partial charge >= 0.3 is 0 Å². The summed E-state index contributed by atoms with van der Waals surface area (Å²) in [6.07, 6.45) is 2.02. The molecule has 0 aliphatic heterocycles. The topological polar surface area (TPSA) is 0 Å². The number of halogens is 2. The second-order valence-electron chi connectivity index (χ2n) is 0.496. The van der Waals surface area contributed by atoms with E-state index in [0.717, 1.165) is 0 Å². The zero-order valence-corrected chi connectivity index (χ0v) is 6.73. The van der Waals surface area contributed by atoms with Gasteiger partial charge in [0.2, 0.25) is 0 Å². The first kappa shape index (κ1) is 6.31. The van der Waals surface area contributed by atoms with E-state index >= 15 is 0 Å². The number of rotatable bonds is 1. The van der Waals surface area contributed by atoms with Gasteiger partial charge < -0.3 is 0 Å². The van der Waals surface area contributed by atoms with Crippen LogP contribution in [0.3, 0.4) is 0 Å². The van der Waals surface area contributed by atoms with E-state index in [4.69, 9.17) is 0 Å². The lowest BCUT2D eigenvalue weighted by molar-refractivity contribution is 2.17. The van der Waals surface area contributed by atoms with Crippen molar-refractivity contribution in [1.29, 1.82) is 0 Å². The Kier molecular flexibility index (Phi) is 4.41. The fourth-order valence-corrected chi connectivity index (χ4v) is 0. The summed E-state index contributed by atoms with van der Waals surface area (Å²) in [5.74, 6) is 0. The Balaban J connectivity index is 2.54. The third-order valence-corrected chi connectivity index (χ3v) is 2.78. The van der Waals surface area contributed by atoms with Gasteiger partial charge in [0.15, 0.2) is 0 Å². The predicted octanol–water partition coefficient (Wildman–Crippen LogP) is 2.42. The van der Waals surface area contributed by atoms with E-state index in [1.54, 1.807) is 11.8 Å². The van der Waals surface area contributed by atoms with E-state index in [2.05, 4.69) is 31.9 Å². The number of hydrogen-bond acceptors (Lipinski definition) is 1. The van der Waals surface area contributed by atoms with Crippen LogP contribution < -0.4 is 0 Å². The van der Waals surface area contributed by atoms with Crippen LogP contribution in [0, 0.1) is 0 Å². The largest absolute Gasteiger partial charge is 0.139 e. The highest BCUT2D eigenvalue weighted by molar-refractivity contribution is 9.27. The quantitative estimate of drug-likeness (QED) is 0.611. The van der Waals surface area contributed by atoms with Crippen LogP contribution in [0.25, 0.3) is 0 Å². The molecule has 0 aliphatic rings. The maximum atomic E-state index is 3.25. The fourth-order valence-electron chi connectivity index (χ4n) is 0. The molecule has 0 saturated carbocycles. The van der Waals surface area contributed by atoms with Crippen molar-refractivity contribution in [2.45, 2.75) is 3.07 Å². The fraction of sp³-hybridized carbons (Fsp3) is 1.00. The van der Waals surface area contributed by atoms with Gasteiger partial charge in [0.1, 0.15) is 3.07 Å². The summed E-state index contributed by atoms with van der Waals surface area (Å²) in [4.78, 5) is 0. The van der Waals surface area contributed by atoms with Crippen LogP contribution in [0.2, 0.25) is 0 Å². The van der Waals surface area contributed by atoms with E-state index in [1.165, 1.54) is 0 Å². The molecule has 0 aromatic heterocycles. The van der Waals surface area contributed by atoms with Crippen LogP contribution in [0.15, 0.2) is 0 Å². The van der Waals surface area contributed by atoms with Crippen molar-refractivity contribution in [2.75, 3.05) is 6.26 Å². The van der Waals surface area contributed by atoms with Crippen LogP contribution in [0.4, 0.5) is 0 Å². The molecule has 0 radical (unpaired) electrons. The van der Waals surface area contributed by atoms with Crippen LogP contribution in [-0.4, -0.2) is 9.32 Å². The molecule has 0 amide bonds. The Morgan fingerprint density at radius 3 is 1.80 bits per heavy atom. The molecule has 0 nitrogen and oxygen atoms in total. The molecule has 32 valence electrons. The molecule has 0 atom stereocenters. The van der Waals surface area contributed by atoms with Crippen LogP contribution in [-0.2, 0) is 0 Å². The van der Waals surface area contributed by atoms with Crippen molar-refractivity contribution in [1.82, 2.24) is 0 Å². The van der Waals surface area contributed by atoms with Gasteiger partial charge in [-0.2, -0.15) is 0 Å². The van der Waals surface area contributed by atoms with E-state index in [0.29, 0.717) is 3.07 Å². The molecule has 0 spiro atoms. The summed E-state index contributed by atoms with van der Waals surface area (Å²) >= 11 is 8.22. The Labute approximate surface area is 53.0 Å². The molecule has 0 bridgehead atoms. The highest BCUT2D eigenvalue weighted by Crippen LogP contribution is 2.19. The molecule has 0 heterocycles. The van der Waals surface area contributed by atoms with Gasteiger partial charge in [-0.15, -0.1) is 11.8 Å². The predicted molar refractivity (Wildman–Crippen MR) is 35.2 cm³/mol. The average molecular weight is 220 g/mol. The number of thioether (sulfide) groups is 1. The van der Waals surface area contributed by atoms with E-state index in [9.17, 15) is 0 Å². The molecule has 0 aromatic rings. The van der Waals surface area contributed by atoms with E-state index < -0.39 is 0 Å². The number of hydrogen-bond donors (Lipinski definition) is 0. The molecule has 0 fully saturated rings. The van der Waals surface area contributed by atoms with E-state index in [-0.39, 0.29) is 0 Å². The Morgan fingerprint density at radius 2 is 1.80 bits per heavy atom. The van der Waals surface area contributed by atoms with Crippen LogP contribution in [0.1, 0.15) is 0 Å². The maximum Gasteiger partial charge on any atom is 0.114 e. The van der Waals surface area contributed by atoms with Crippen molar-refractivity contribution < 1.29 is 0 Å². The van der Waals surface area contributed by atoms with Crippen molar-refractivity contribution in [3.63, 3.8) is 0 Å². The Morgan fingerprint density at radius 1 is 1.60 bits per heavy atom. The minimum atomic E-state index is 0.426. The number of alkyl halides is 2. The van der Waals surface area contributed by atoms with Crippen molar-refractivity contribution >= 4 is 43.6 Å². The third-order valence-electron chi connectivity index (χ3n) is 0.178. The third kappa shape index (κ3) is 5.31. The minimum absolute atomic E-state index is 0.426. The summed E-state index contributed by atoms with van der Waals surface area (Å²) < 4.78 is 0.426. The Bertz CT molecular complexity index is 21.6. The molecule has 0 aromatic carbocycles. The second kappa shape index (κ2) is 3.50. The van der Waals surface area contributed by atoms with Gasteiger partial charge in [-0.25, -0.2) is 0 Å². The highest BCUT2D eigenvalue weighted by atomic mass is 79.9. The SMILES string of the molecule is CSC(Br)Br. The monoisotopic (exact) mass is 218 g/mol. The van der Waals surface area contributed by atoms with Gasteiger partial charge in [-0.3, -0.25) is 0 Å². The zero-order chi connectivity index (χ0) is 4.28. The average Bonchev–Trinajstić information content (AvgIpc) is 1.38. The lowest BCUT2D eigenvalue weighted by Crippen LogP contribution is -1.64. The maximum absolute atomic E-state index is 3.25. The van der Waals surface area contributed by atoms with Crippen LogP contribution in [0.5, 0.6) is 0 Å². The molecular formula is C2H4Br2S. The normalized spacial score (nSPS) is 9.60. The van der Waals surface area contributed by atoms with Gasteiger partial charge in [0, 0.05) is 0 Å². The van der Waals surface area contributed by atoms with Gasteiger partial charge in [-0.1, -0.05) is 31.9 Å². The summed E-state index contributed by atoms with van der Waals surface area (Å²) in [5, 5.41) is 0. The standard InChI is InChI=1S/C2H4Br2S/c1-5-2(3)4/h2H,1H3.